The van der Waals surface area contributed by atoms with E-state index in [2.05, 4.69) is 61.3 Å². The van der Waals surface area contributed by atoms with E-state index in [9.17, 15) is 0 Å². The molecule has 2 aromatic rings. The van der Waals surface area contributed by atoms with Gasteiger partial charge in [-0.1, -0.05) is 44.2 Å². The fraction of sp³-hybridized carbons (Fsp3) is 0.423. The molecule has 37 heavy (non-hydrogen) atoms. The molecule has 4 N–H and O–H groups in total. The molecule has 9 nitrogen and oxygen atoms in total. The molecule has 1 heterocycles. The molecule has 0 aliphatic heterocycles. The summed E-state index contributed by atoms with van der Waals surface area (Å²) in [6.07, 6.45) is 4.05. The second kappa shape index (κ2) is 14.3. The smallest absolute Gasteiger partial charge is 0.180 e. The molecule has 200 valence electrons. The van der Waals surface area contributed by atoms with Crippen LogP contribution in [0.2, 0.25) is 0 Å². The van der Waals surface area contributed by atoms with Crippen molar-refractivity contribution in [3.05, 3.63) is 66.0 Å². The number of aromatic nitrogens is 1. The van der Waals surface area contributed by atoms with E-state index in [1.54, 1.807) is 19.4 Å². The number of thiol groups is 2. The Balaban J connectivity index is 2.37. The third kappa shape index (κ3) is 10.3. The van der Waals surface area contributed by atoms with Gasteiger partial charge in [0.2, 0.25) is 0 Å². The van der Waals surface area contributed by atoms with Gasteiger partial charge in [0.15, 0.2) is 10.3 Å². The molecular formula is C26H38N8OS2. The van der Waals surface area contributed by atoms with Crippen LogP contribution in [0.5, 0.6) is 0 Å². The molecule has 2 rings (SSSR count). The Morgan fingerprint density at radius 2 is 1.46 bits per heavy atom. The van der Waals surface area contributed by atoms with Gasteiger partial charge >= 0.3 is 0 Å². The first-order valence-corrected chi connectivity index (χ1v) is 12.9. The van der Waals surface area contributed by atoms with Crippen LogP contribution >= 0.6 is 25.3 Å². The maximum Gasteiger partial charge on any atom is 0.180 e. The summed E-state index contributed by atoms with van der Waals surface area (Å²) in [5.74, 6) is 0.198. The number of rotatable bonds is 11. The number of nitrogens with zero attached hydrogens (tertiary/aromatic N) is 5. The van der Waals surface area contributed by atoms with E-state index in [-0.39, 0.29) is 11.5 Å². The molecule has 1 atom stereocenters. The van der Waals surface area contributed by atoms with Gasteiger partial charge in [0.1, 0.15) is 17.1 Å². The fourth-order valence-corrected chi connectivity index (χ4v) is 3.31. The Bertz CT molecular complexity index is 1110. The third-order valence-corrected chi connectivity index (χ3v) is 6.19. The lowest BCUT2D eigenvalue weighted by atomic mass is 10.0. The highest BCUT2D eigenvalue weighted by Gasteiger charge is 2.26. The lowest BCUT2D eigenvalue weighted by Crippen LogP contribution is -2.47. The van der Waals surface area contributed by atoms with Crippen molar-refractivity contribution in [2.45, 2.75) is 52.3 Å². The predicted molar refractivity (Wildman–Crippen MR) is 161 cm³/mol. The van der Waals surface area contributed by atoms with Gasteiger partial charge in [-0.2, -0.15) is 0 Å². The van der Waals surface area contributed by atoms with Crippen LogP contribution in [-0.2, 0) is 4.74 Å². The average molecular weight is 543 g/mol. The van der Waals surface area contributed by atoms with Gasteiger partial charge in [0.25, 0.3) is 0 Å². The number of amidine groups is 2. The number of nitrogens with one attached hydrogen (secondary N) is 2. The van der Waals surface area contributed by atoms with Gasteiger partial charge in [-0.05, 0) is 45.2 Å². The summed E-state index contributed by atoms with van der Waals surface area (Å²) in [4.78, 5) is 4.11. The largest absolute Gasteiger partial charge is 0.366 e. The number of hydrogen-bond acceptors (Lipinski definition) is 7. The Kier molecular flexibility index (Phi) is 11.8. The van der Waals surface area contributed by atoms with Crippen molar-refractivity contribution in [1.82, 2.24) is 15.6 Å². The van der Waals surface area contributed by atoms with Crippen molar-refractivity contribution in [3.63, 3.8) is 0 Å². The van der Waals surface area contributed by atoms with Gasteiger partial charge in [-0.25, -0.2) is 0 Å². The van der Waals surface area contributed by atoms with Gasteiger partial charge < -0.3 is 21.1 Å². The molecule has 0 aliphatic rings. The molecule has 0 spiro atoms. The van der Waals surface area contributed by atoms with Crippen LogP contribution in [0.3, 0.4) is 0 Å². The third-order valence-electron chi connectivity index (χ3n) is 5.68. The average Bonchev–Trinajstić information content (AvgIpc) is 2.86. The van der Waals surface area contributed by atoms with Crippen LogP contribution < -0.4 is 16.4 Å². The minimum absolute atomic E-state index is 0.198. The van der Waals surface area contributed by atoms with Crippen molar-refractivity contribution in [3.8, 4) is 0 Å². The second-order valence-electron chi connectivity index (χ2n) is 9.54. The number of pyridine rings is 1. The maximum absolute atomic E-state index is 6.22. The van der Waals surface area contributed by atoms with E-state index < -0.39 is 5.72 Å². The Hall–Kier alpha value is -2.73. The highest BCUT2D eigenvalue weighted by Crippen LogP contribution is 2.18. The quantitative estimate of drug-likeness (QED) is 0.0963. The summed E-state index contributed by atoms with van der Waals surface area (Å²) in [5, 5.41) is 24.4. The van der Waals surface area contributed by atoms with Crippen LogP contribution in [-0.4, -0.2) is 51.7 Å². The summed E-state index contributed by atoms with van der Waals surface area (Å²) in [6.45, 7) is 10.5. The number of ether oxygens (including phenoxy) is 1. The highest BCUT2D eigenvalue weighted by atomic mass is 32.1. The van der Waals surface area contributed by atoms with Crippen molar-refractivity contribution in [1.29, 1.82) is 0 Å². The summed E-state index contributed by atoms with van der Waals surface area (Å²) in [7, 11) is 1.71. The van der Waals surface area contributed by atoms with Gasteiger partial charge in [0.05, 0.1) is 6.61 Å². The summed E-state index contributed by atoms with van der Waals surface area (Å²) < 4.78 is 5.90. The molecule has 0 saturated heterocycles. The van der Waals surface area contributed by atoms with E-state index in [1.807, 2.05) is 77.1 Å². The topological polar surface area (TPSA) is 122 Å². The minimum atomic E-state index is -0.686. The molecule has 0 bridgehead atoms. The van der Waals surface area contributed by atoms with Crippen molar-refractivity contribution < 1.29 is 4.74 Å². The molecule has 11 heteroatoms. The normalized spacial score (nSPS) is 15.5. The zero-order valence-corrected chi connectivity index (χ0v) is 24.1. The van der Waals surface area contributed by atoms with Gasteiger partial charge in [-0.3, -0.25) is 4.98 Å². The van der Waals surface area contributed by atoms with Gasteiger partial charge in [0, 0.05) is 36.1 Å². The van der Waals surface area contributed by atoms with E-state index in [1.165, 1.54) is 0 Å². The molecule has 0 fully saturated rings. The summed E-state index contributed by atoms with van der Waals surface area (Å²) >= 11 is 8.82. The first kappa shape index (κ1) is 30.5. The zero-order valence-electron chi connectivity index (χ0n) is 22.3. The van der Waals surface area contributed by atoms with Crippen molar-refractivity contribution >= 4 is 47.0 Å². The van der Waals surface area contributed by atoms with Gasteiger partial charge in [-0.15, -0.1) is 45.7 Å². The monoisotopic (exact) mass is 542 g/mol. The molecular weight excluding hydrogens is 504 g/mol. The lowest BCUT2D eigenvalue weighted by Gasteiger charge is -2.32. The summed E-state index contributed by atoms with van der Waals surface area (Å²) in [6, 6.07) is 13.3. The minimum Gasteiger partial charge on any atom is -0.366 e. The number of hydrogen-bond donors (Lipinski definition) is 5. The Labute approximate surface area is 231 Å². The number of benzene rings is 1. The molecule has 1 unspecified atom stereocenters. The molecule has 0 amide bonds. The maximum atomic E-state index is 6.22. The van der Waals surface area contributed by atoms with Crippen LogP contribution in [0, 0.1) is 5.92 Å². The first-order chi connectivity index (χ1) is 17.4. The SMILES string of the molecule is CN/C(S)=N/N=C(/C(=N/N=C(\S)NC(C)(C)CCOC(C)(N)C(C)C)c1ccccc1)c1ccncc1. The van der Waals surface area contributed by atoms with Crippen molar-refractivity contribution in [2.75, 3.05) is 13.7 Å². The lowest BCUT2D eigenvalue weighted by molar-refractivity contribution is -0.0649. The Morgan fingerprint density at radius 3 is 2.00 bits per heavy atom. The Morgan fingerprint density at radius 1 is 0.919 bits per heavy atom. The van der Waals surface area contributed by atoms with E-state index in [0.717, 1.165) is 11.1 Å². The zero-order chi connectivity index (χ0) is 27.5. The van der Waals surface area contributed by atoms with Crippen LogP contribution in [0.25, 0.3) is 0 Å². The molecule has 0 aliphatic carbocycles. The van der Waals surface area contributed by atoms with Crippen LogP contribution in [0.15, 0.2) is 75.3 Å². The number of nitrogens with two attached hydrogens (primary N) is 1. The van der Waals surface area contributed by atoms with Crippen molar-refractivity contribution in [2.24, 2.45) is 32.1 Å². The molecule has 1 aromatic heterocycles. The molecule has 0 saturated carbocycles. The summed E-state index contributed by atoms with van der Waals surface area (Å²) in [5.41, 5.74) is 7.77. The first-order valence-electron chi connectivity index (χ1n) is 12.0. The van der Waals surface area contributed by atoms with E-state index in [0.29, 0.717) is 34.8 Å². The van der Waals surface area contributed by atoms with E-state index in [4.69, 9.17) is 10.5 Å². The van der Waals surface area contributed by atoms with Crippen LogP contribution in [0.1, 0.15) is 52.2 Å². The fourth-order valence-electron chi connectivity index (χ4n) is 2.92. The van der Waals surface area contributed by atoms with E-state index >= 15 is 0 Å². The second-order valence-corrected chi connectivity index (χ2v) is 10.4. The molecule has 1 aromatic carbocycles. The van der Waals surface area contributed by atoms with Crippen LogP contribution in [0.4, 0.5) is 0 Å². The molecule has 0 radical (unpaired) electrons. The standard InChI is InChI=1S/C26H38N8OS2/c1-18(2)26(5,27)35-17-14-25(3,4)30-24(37)34-32-21(19-10-8-7-9-11-19)22(31-33-23(36)28-6)20-12-15-29-16-13-20/h7-13,15-16,18H,14,17,27H2,1-6H3,(H2,28,33,36)(H2,30,34,37)/b31-22+,32-21+. The predicted octanol–water partition coefficient (Wildman–Crippen LogP) is 4.09. The highest BCUT2D eigenvalue weighted by molar-refractivity contribution is 7.97.